The summed E-state index contributed by atoms with van der Waals surface area (Å²) in [6, 6.07) is 10.6. The van der Waals surface area contributed by atoms with Crippen molar-refractivity contribution in [2.75, 3.05) is 0 Å². The maximum Gasteiger partial charge on any atom is 0.186 e. The van der Waals surface area contributed by atoms with Gasteiger partial charge in [-0.15, -0.1) is 0 Å². The van der Waals surface area contributed by atoms with Crippen LogP contribution < -0.4 is 0 Å². The van der Waals surface area contributed by atoms with E-state index in [0.29, 0.717) is 6.04 Å². The molecule has 1 aromatic heterocycles. The van der Waals surface area contributed by atoms with Gasteiger partial charge < -0.3 is 4.43 Å². The molecule has 1 saturated carbocycles. The van der Waals surface area contributed by atoms with Crippen LogP contribution in [0.3, 0.4) is 0 Å². The molecule has 1 fully saturated rings. The van der Waals surface area contributed by atoms with Gasteiger partial charge in [0.2, 0.25) is 0 Å². The van der Waals surface area contributed by atoms with Crippen LogP contribution in [-0.4, -0.2) is 23.3 Å². The summed E-state index contributed by atoms with van der Waals surface area (Å²) in [5, 5.41) is 18.1. The van der Waals surface area contributed by atoms with Crippen molar-refractivity contribution in [1.82, 2.24) is 15.0 Å². The Morgan fingerprint density at radius 3 is 2.50 bits per heavy atom. The first kappa shape index (κ1) is 14.9. The number of benzene rings is 1. The van der Waals surface area contributed by atoms with Gasteiger partial charge in [-0.3, -0.25) is 0 Å². The van der Waals surface area contributed by atoms with Crippen LogP contribution in [0.4, 0.5) is 0 Å². The van der Waals surface area contributed by atoms with Crippen LogP contribution in [0.15, 0.2) is 30.5 Å². The van der Waals surface area contributed by atoms with Gasteiger partial charge in [-0.05, 0) is 38.0 Å². The molecular formula is C16H20N4OSi. The number of aromatic nitrogens is 3. The van der Waals surface area contributed by atoms with Crippen molar-refractivity contribution in [1.29, 1.82) is 5.26 Å². The molecule has 0 N–H and O–H groups in total. The van der Waals surface area contributed by atoms with E-state index in [2.05, 4.69) is 35.9 Å². The second kappa shape index (κ2) is 5.67. The third kappa shape index (κ3) is 3.43. The second-order valence-corrected chi connectivity index (χ2v) is 11.1. The summed E-state index contributed by atoms with van der Waals surface area (Å²) in [6.07, 6.45) is 3.65. The molecule has 2 aromatic rings. The van der Waals surface area contributed by atoms with Crippen LogP contribution in [0.2, 0.25) is 19.6 Å². The van der Waals surface area contributed by atoms with Gasteiger partial charge in [-0.25, -0.2) is 0 Å². The SMILES string of the molecule is C[Si](C)(C)OC(C#N)c1ccc(-c2cnn(C3CC3)n2)cc1. The van der Waals surface area contributed by atoms with E-state index >= 15 is 0 Å². The molecule has 0 spiro atoms. The summed E-state index contributed by atoms with van der Waals surface area (Å²) in [6.45, 7) is 6.26. The second-order valence-electron chi connectivity index (χ2n) is 6.64. The molecule has 1 unspecified atom stereocenters. The lowest BCUT2D eigenvalue weighted by molar-refractivity contribution is 0.255. The normalized spacial score (nSPS) is 16.3. The Labute approximate surface area is 131 Å². The van der Waals surface area contributed by atoms with Gasteiger partial charge >= 0.3 is 0 Å². The highest BCUT2D eigenvalue weighted by atomic mass is 28.4. The smallest absolute Gasteiger partial charge is 0.186 e. The minimum Gasteiger partial charge on any atom is -0.399 e. The van der Waals surface area contributed by atoms with Crippen LogP contribution in [0, 0.1) is 11.3 Å². The summed E-state index contributed by atoms with van der Waals surface area (Å²) < 4.78 is 5.91. The van der Waals surface area contributed by atoms with E-state index < -0.39 is 14.4 Å². The monoisotopic (exact) mass is 312 g/mol. The molecule has 0 amide bonds. The fraction of sp³-hybridized carbons (Fsp3) is 0.438. The summed E-state index contributed by atoms with van der Waals surface area (Å²) in [5.41, 5.74) is 2.78. The van der Waals surface area contributed by atoms with Gasteiger partial charge in [-0.2, -0.15) is 20.3 Å². The Morgan fingerprint density at radius 1 is 1.27 bits per heavy atom. The van der Waals surface area contributed by atoms with Crippen LogP contribution >= 0.6 is 0 Å². The summed E-state index contributed by atoms with van der Waals surface area (Å²) in [7, 11) is -1.75. The Hall–Kier alpha value is -1.97. The van der Waals surface area contributed by atoms with Crippen LogP contribution in [0.25, 0.3) is 11.3 Å². The van der Waals surface area contributed by atoms with E-state index in [1.807, 2.05) is 24.3 Å². The molecule has 0 aliphatic heterocycles. The Balaban J connectivity index is 1.77. The molecular weight excluding hydrogens is 292 g/mol. The molecule has 3 rings (SSSR count). The maximum absolute atomic E-state index is 9.32. The van der Waals surface area contributed by atoms with Gasteiger partial charge in [0.1, 0.15) is 5.69 Å². The van der Waals surface area contributed by atoms with Gasteiger partial charge in [0, 0.05) is 5.56 Å². The Kier molecular flexibility index (Phi) is 3.85. The van der Waals surface area contributed by atoms with Gasteiger partial charge in [0.25, 0.3) is 0 Å². The predicted molar refractivity (Wildman–Crippen MR) is 86.5 cm³/mol. The van der Waals surface area contributed by atoms with Crippen LogP contribution in [-0.2, 0) is 4.43 Å². The van der Waals surface area contributed by atoms with Crippen molar-refractivity contribution in [3.8, 4) is 17.3 Å². The average Bonchev–Trinajstić information content (AvgIpc) is 3.22. The number of hydrogen-bond donors (Lipinski definition) is 0. The fourth-order valence-electron chi connectivity index (χ4n) is 2.24. The summed E-state index contributed by atoms with van der Waals surface area (Å²) in [5.74, 6) is 0. The third-order valence-corrected chi connectivity index (χ3v) is 4.42. The molecule has 5 nitrogen and oxygen atoms in total. The molecule has 1 aromatic carbocycles. The zero-order valence-corrected chi connectivity index (χ0v) is 14.2. The highest BCUT2D eigenvalue weighted by Crippen LogP contribution is 2.34. The van der Waals surface area contributed by atoms with Crippen molar-refractivity contribution in [3.05, 3.63) is 36.0 Å². The Bertz CT molecular complexity index is 692. The molecule has 114 valence electrons. The highest BCUT2D eigenvalue weighted by molar-refractivity contribution is 6.69. The molecule has 0 saturated heterocycles. The van der Waals surface area contributed by atoms with E-state index in [1.54, 1.807) is 11.0 Å². The highest BCUT2D eigenvalue weighted by Gasteiger charge is 2.26. The number of nitrogens with zero attached hydrogens (tertiary/aromatic N) is 4. The number of hydrogen-bond acceptors (Lipinski definition) is 4. The first-order valence-electron chi connectivity index (χ1n) is 7.56. The molecule has 1 atom stereocenters. The van der Waals surface area contributed by atoms with E-state index in [1.165, 1.54) is 12.8 Å². The first-order valence-corrected chi connectivity index (χ1v) is 11.0. The van der Waals surface area contributed by atoms with Crippen molar-refractivity contribution in [3.63, 3.8) is 0 Å². The summed E-state index contributed by atoms with van der Waals surface area (Å²) in [4.78, 5) is 1.80. The van der Waals surface area contributed by atoms with E-state index in [9.17, 15) is 5.26 Å². The third-order valence-electron chi connectivity index (χ3n) is 3.48. The lowest BCUT2D eigenvalue weighted by atomic mass is 10.1. The molecule has 1 aliphatic carbocycles. The van der Waals surface area contributed by atoms with Crippen molar-refractivity contribution in [2.45, 2.75) is 44.6 Å². The van der Waals surface area contributed by atoms with Gasteiger partial charge in [-0.1, -0.05) is 24.3 Å². The molecule has 0 radical (unpaired) electrons. The predicted octanol–water partition coefficient (Wildman–Crippen LogP) is 3.70. The van der Waals surface area contributed by atoms with Crippen molar-refractivity contribution >= 4 is 8.32 Å². The Morgan fingerprint density at radius 2 is 1.95 bits per heavy atom. The zero-order chi connectivity index (χ0) is 15.7. The van der Waals surface area contributed by atoms with Gasteiger partial charge in [0.05, 0.1) is 18.3 Å². The topological polar surface area (TPSA) is 63.7 Å². The van der Waals surface area contributed by atoms with Gasteiger partial charge in [0.15, 0.2) is 14.4 Å². The van der Waals surface area contributed by atoms with Crippen LogP contribution in [0.1, 0.15) is 30.6 Å². The quantitative estimate of drug-likeness (QED) is 0.790. The first-order chi connectivity index (χ1) is 10.5. The lowest BCUT2D eigenvalue weighted by Crippen LogP contribution is -2.27. The fourth-order valence-corrected chi connectivity index (χ4v) is 3.14. The lowest BCUT2D eigenvalue weighted by Gasteiger charge is -2.21. The van der Waals surface area contributed by atoms with E-state index in [0.717, 1.165) is 16.8 Å². The standard InChI is InChI=1S/C16H20N4OSi/c1-22(2,3)21-16(10-17)13-6-4-12(5-7-13)15-11-18-20(19-15)14-8-9-14/h4-7,11,14,16H,8-9H2,1-3H3. The van der Waals surface area contributed by atoms with Crippen LogP contribution in [0.5, 0.6) is 0 Å². The average molecular weight is 312 g/mol. The number of nitriles is 1. The zero-order valence-electron chi connectivity index (χ0n) is 13.2. The minimum absolute atomic E-state index is 0.487. The van der Waals surface area contributed by atoms with Crippen molar-refractivity contribution in [2.24, 2.45) is 0 Å². The van der Waals surface area contributed by atoms with E-state index in [-0.39, 0.29) is 0 Å². The summed E-state index contributed by atoms with van der Waals surface area (Å²) >= 11 is 0. The molecule has 0 bridgehead atoms. The van der Waals surface area contributed by atoms with Crippen molar-refractivity contribution < 1.29 is 4.43 Å². The molecule has 1 aliphatic rings. The number of rotatable bonds is 5. The largest absolute Gasteiger partial charge is 0.399 e. The molecule has 1 heterocycles. The van der Waals surface area contributed by atoms with E-state index in [4.69, 9.17) is 4.43 Å². The molecule has 22 heavy (non-hydrogen) atoms. The maximum atomic E-state index is 9.32. The molecule has 6 heteroatoms. The minimum atomic E-state index is -1.75.